The smallest absolute Gasteiger partial charge is 0.311 e. The molecule has 0 saturated heterocycles. The highest BCUT2D eigenvalue weighted by molar-refractivity contribution is 7.13. The number of anilines is 1. The Morgan fingerprint density at radius 1 is 1.32 bits per heavy atom. The van der Waals surface area contributed by atoms with Gasteiger partial charge < -0.3 is 9.47 Å². The van der Waals surface area contributed by atoms with E-state index in [1.807, 2.05) is 24.3 Å². The molecule has 1 N–H and O–H groups in total. The molecule has 0 saturated carbocycles. The van der Waals surface area contributed by atoms with Crippen molar-refractivity contribution in [3.05, 3.63) is 40.9 Å². The van der Waals surface area contributed by atoms with Crippen molar-refractivity contribution in [2.24, 2.45) is 0 Å². The fraction of sp³-hybridized carbons (Fsp3) is 0.389. The molecule has 0 bridgehead atoms. The number of thiazole rings is 1. The van der Waals surface area contributed by atoms with Crippen LogP contribution in [-0.4, -0.2) is 30.1 Å². The van der Waals surface area contributed by atoms with Gasteiger partial charge in [-0.3, -0.25) is 14.9 Å². The van der Waals surface area contributed by atoms with Crippen molar-refractivity contribution in [2.45, 2.75) is 33.1 Å². The first-order valence-corrected chi connectivity index (χ1v) is 8.98. The van der Waals surface area contributed by atoms with Crippen LogP contribution in [0.1, 0.15) is 37.9 Å². The molecule has 7 heteroatoms. The molecule has 0 aliphatic carbocycles. The average molecular weight is 362 g/mol. The Bertz CT molecular complexity index is 727. The average Bonchev–Trinajstić information content (AvgIpc) is 3.00. The summed E-state index contributed by atoms with van der Waals surface area (Å²) in [6, 6.07) is 7.68. The standard InChI is InChI=1S/C18H22N2O4S/c1-4-23-17(22)9-14-11-25-18(19-14)20-16(21)10-24-15-7-5-6-13(8-15)12(2)3/h5-8,11-12H,4,9-10H2,1-3H3,(H,19,20,21). The molecule has 1 aromatic carbocycles. The Labute approximate surface area is 151 Å². The van der Waals surface area contributed by atoms with Crippen LogP contribution in [0, 0.1) is 0 Å². The van der Waals surface area contributed by atoms with Gasteiger partial charge in [0.15, 0.2) is 11.7 Å². The van der Waals surface area contributed by atoms with Gasteiger partial charge in [-0.25, -0.2) is 4.98 Å². The van der Waals surface area contributed by atoms with Crippen LogP contribution in [0.4, 0.5) is 5.13 Å². The molecule has 1 aromatic heterocycles. The molecule has 0 atom stereocenters. The number of nitrogens with one attached hydrogen (secondary N) is 1. The number of carbonyl (C=O) groups excluding carboxylic acids is 2. The zero-order chi connectivity index (χ0) is 18.2. The highest BCUT2D eigenvalue weighted by atomic mass is 32.1. The minimum absolute atomic E-state index is 0.0959. The molecular weight excluding hydrogens is 340 g/mol. The Kier molecular flexibility index (Phi) is 6.94. The largest absolute Gasteiger partial charge is 0.484 e. The lowest BCUT2D eigenvalue weighted by atomic mass is 10.0. The van der Waals surface area contributed by atoms with Crippen LogP contribution in [-0.2, 0) is 20.7 Å². The highest BCUT2D eigenvalue weighted by Crippen LogP contribution is 2.20. The van der Waals surface area contributed by atoms with Crippen molar-refractivity contribution < 1.29 is 19.1 Å². The maximum atomic E-state index is 12.0. The van der Waals surface area contributed by atoms with Crippen molar-refractivity contribution in [3.63, 3.8) is 0 Å². The van der Waals surface area contributed by atoms with E-state index in [0.717, 1.165) is 5.56 Å². The summed E-state index contributed by atoms with van der Waals surface area (Å²) in [5.74, 6) is 0.417. The summed E-state index contributed by atoms with van der Waals surface area (Å²) in [7, 11) is 0. The molecule has 1 amide bonds. The van der Waals surface area contributed by atoms with Gasteiger partial charge in [0.2, 0.25) is 0 Å². The summed E-state index contributed by atoms with van der Waals surface area (Å²) in [6.07, 6.45) is 0.0959. The van der Waals surface area contributed by atoms with Gasteiger partial charge in [-0.05, 0) is 30.5 Å². The Hall–Kier alpha value is -2.41. The lowest BCUT2D eigenvalue weighted by molar-refractivity contribution is -0.142. The SMILES string of the molecule is CCOC(=O)Cc1csc(NC(=O)COc2cccc(C(C)C)c2)n1. The quantitative estimate of drug-likeness (QED) is 0.728. The number of hydrogen-bond acceptors (Lipinski definition) is 6. The summed E-state index contributed by atoms with van der Waals surface area (Å²) in [5, 5.41) is 4.82. The second-order valence-corrected chi connectivity index (χ2v) is 6.55. The monoisotopic (exact) mass is 362 g/mol. The first-order valence-electron chi connectivity index (χ1n) is 8.10. The Balaban J connectivity index is 1.83. The Morgan fingerprint density at radius 3 is 2.84 bits per heavy atom. The van der Waals surface area contributed by atoms with Gasteiger partial charge in [-0.1, -0.05) is 26.0 Å². The van der Waals surface area contributed by atoms with E-state index in [-0.39, 0.29) is 24.9 Å². The molecule has 25 heavy (non-hydrogen) atoms. The van der Waals surface area contributed by atoms with Crippen LogP contribution < -0.4 is 10.1 Å². The van der Waals surface area contributed by atoms with Crippen LogP contribution in [0.3, 0.4) is 0 Å². The molecule has 0 unspecified atom stereocenters. The Morgan fingerprint density at radius 2 is 2.12 bits per heavy atom. The molecule has 2 rings (SSSR count). The van der Waals surface area contributed by atoms with Gasteiger partial charge in [-0.2, -0.15) is 0 Å². The number of benzene rings is 1. The second kappa shape index (κ2) is 9.17. The minimum Gasteiger partial charge on any atom is -0.484 e. The van der Waals surface area contributed by atoms with Crippen LogP contribution >= 0.6 is 11.3 Å². The van der Waals surface area contributed by atoms with Crippen molar-refractivity contribution in [1.82, 2.24) is 4.98 Å². The van der Waals surface area contributed by atoms with E-state index in [9.17, 15) is 9.59 Å². The summed E-state index contributed by atoms with van der Waals surface area (Å²) >= 11 is 1.26. The number of amides is 1. The zero-order valence-corrected chi connectivity index (χ0v) is 15.4. The fourth-order valence-corrected chi connectivity index (χ4v) is 2.80. The molecule has 0 aliphatic heterocycles. The lowest BCUT2D eigenvalue weighted by Crippen LogP contribution is -2.20. The van der Waals surface area contributed by atoms with Gasteiger partial charge in [0.25, 0.3) is 5.91 Å². The number of carbonyl (C=O) groups is 2. The number of aromatic nitrogens is 1. The second-order valence-electron chi connectivity index (χ2n) is 5.69. The predicted octanol–water partition coefficient (Wildman–Crippen LogP) is 3.39. The summed E-state index contributed by atoms with van der Waals surface area (Å²) < 4.78 is 10.4. The first kappa shape index (κ1) is 18.9. The van der Waals surface area contributed by atoms with Crippen molar-refractivity contribution in [3.8, 4) is 5.75 Å². The third-order valence-electron chi connectivity index (χ3n) is 3.32. The molecule has 0 fully saturated rings. The summed E-state index contributed by atoms with van der Waals surface area (Å²) in [5.41, 5.74) is 1.73. The third kappa shape index (κ3) is 6.19. The third-order valence-corrected chi connectivity index (χ3v) is 4.13. The minimum atomic E-state index is -0.334. The van der Waals surface area contributed by atoms with Gasteiger partial charge in [0.1, 0.15) is 5.75 Å². The molecular formula is C18H22N2O4S. The van der Waals surface area contributed by atoms with Crippen molar-refractivity contribution in [1.29, 1.82) is 0 Å². The number of hydrogen-bond donors (Lipinski definition) is 1. The molecule has 0 aliphatic rings. The van der Waals surface area contributed by atoms with Gasteiger partial charge in [0, 0.05) is 5.38 Å². The lowest BCUT2D eigenvalue weighted by Gasteiger charge is -2.09. The summed E-state index contributed by atoms with van der Waals surface area (Å²) in [4.78, 5) is 27.6. The maximum absolute atomic E-state index is 12.0. The molecule has 0 radical (unpaired) electrons. The molecule has 6 nitrogen and oxygen atoms in total. The maximum Gasteiger partial charge on any atom is 0.311 e. The number of nitrogens with zero attached hydrogens (tertiary/aromatic N) is 1. The van der Waals surface area contributed by atoms with Crippen molar-refractivity contribution in [2.75, 3.05) is 18.5 Å². The van der Waals surface area contributed by atoms with E-state index < -0.39 is 0 Å². The number of rotatable bonds is 8. The number of esters is 1. The van der Waals surface area contributed by atoms with Crippen LogP contribution in [0.25, 0.3) is 0 Å². The number of ether oxygens (including phenoxy) is 2. The van der Waals surface area contributed by atoms with Crippen LogP contribution in [0.5, 0.6) is 5.75 Å². The topological polar surface area (TPSA) is 77.5 Å². The van der Waals surface area contributed by atoms with Crippen LogP contribution in [0.15, 0.2) is 29.6 Å². The van der Waals surface area contributed by atoms with Crippen molar-refractivity contribution >= 4 is 28.3 Å². The van der Waals surface area contributed by atoms with Gasteiger partial charge in [0.05, 0.1) is 18.7 Å². The molecule has 134 valence electrons. The van der Waals surface area contributed by atoms with E-state index >= 15 is 0 Å². The van der Waals surface area contributed by atoms with E-state index in [1.54, 1.807) is 12.3 Å². The fourth-order valence-electron chi connectivity index (χ4n) is 2.07. The van der Waals surface area contributed by atoms with Gasteiger partial charge in [-0.15, -0.1) is 11.3 Å². The molecule has 2 aromatic rings. The van der Waals surface area contributed by atoms with E-state index in [1.165, 1.54) is 11.3 Å². The van der Waals surface area contributed by atoms with Gasteiger partial charge >= 0.3 is 5.97 Å². The zero-order valence-electron chi connectivity index (χ0n) is 14.6. The highest BCUT2D eigenvalue weighted by Gasteiger charge is 2.11. The normalized spacial score (nSPS) is 10.6. The predicted molar refractivity (Wildman–Crippen MR) is 97.1 cm³/mol. The summed E-state index contributed by atoms with van der Waals surface area (Å²) in [6.45, 7) is 6.18. The first-order chi connectivity index (χ1) is 12.0. The van der Waals surface area contributed by atoms with Crippen LogP contribution in [0.2, 0.25) is 0 Å². The van der Waals surface area contributed by atoms with E-state index in [4.69, 9.17) is 9.47 Å². The van der Waals surface area contributed by atoms with E-state index in [2.05, 4.69) is 24.1 Å². The molecule has 1 heterocycles. The van der Waals surface area contributed by atoms with E-state index in [0.29, 0.717) is 29.1 Å². The molecule has 0 spiro atoms.